The van der Waals surface area contributed by atoms with Crippen molar-refractivity contribution in [1.29, 1.82) is 0 Å². The van der Waals surface area contributed by atoms with Gasteiger partial charge in [-0.05, 0) is 48.1 Å². The molecule has 38 heavy (non-hydrogen) atoms. The number of aryl methyl sites for hydroxylation is 1. The number of hydrogen-bond donors (Lipinski definition) is 1. The van der Waals surface area contributed by atoms with E-state index in [-0.39, 0.29) is 5.56 Å². The van der Waals surface area contributed by atoms with E-state index < -0.39 is 5.69 Å². The Morgan fingerprint density at radius 1 is 0.947 bits per heavy atom. The summed E-state index contributed by atoms with van der Waals surface area (Å²) in [6.07, 6.45) is 0. The molecule has 0 bridgehead atoms. The normalized spacial score (nSPS) is 13.8. The van der Waals surface area contributed by atoms with E-state index in [9.17, 15) is 9.59 Å². The molecule has 2 aromatic carbocycles. The van der Waals surface area contributed by atoms with Crippen LogP contribution in [0.1, 0.15) is 5.56 Å². The van der Waals surface area contributed by atoms with Crippen molar-refractivity contribution < 1.29 is 0 Å². The fraction of sp³-hybridized carbons (Fsp3) is 0.280. The second-order valence-corrected chi connectivity index (χ2v) is 10.7. The average Bonchev–Trinajstić information content (AvgIpc) is 3.28. The highest BCUT2D eigenvalue weighted by Gasteiger charge is 2.26. The highest BCUT2D eigenvalue weighted by Crippen LogP contribution is 2.27. The Kier molecular flexibility index (Phi) is 7.41. The van der Waals surface area contributed by atoms with Gasteiger partial charge >= 0.3 is 5.69 Å². The van der Waals surface area contributed by atoms with Crippen molar-refractivity contribution in [3.05, 3.63) is 83.9 Å². The molecule has 198 valence electrons. The van der Waals surface area contributed by atoms with Gasteiger partial charge in [0, 0.05) is 50.3 Å². The van der Waals surface area contributed by atoms with E-state index in [1.54, 1.807) is 25.2 Å². The first-order valence-electron chi connectivity index (χ1n) is 11.8. The van der Waals surface area contributed by atoms with Crippen molar-refractivity contribution in [2.24, 2.45) is 14.1 Å². The lowest BCUT2D eigenvalue weighted by atomic mass is 10.2. The number of benzene rings is 2. The van der Waals surface area contributed by atoms with Crippen LogP contribution < -0.4 is 21.5 Å². The van der Waals surface area contributed by atoms with Crippen LogP contribution in [0.25, 0.3) is 11.2 Å². The van der Waals surface area contributed by atoms with Crippen LogP contribution in [0.2, 0.25) is 15.1 Å². The van der Waals surface area contributed by atoms with Gasteiger partial charge in [0.2, 0.25) is 5.95 Å². The van der Waals surface area contributed by atoms with Crippen molar-refractivity contribution in [3.8, 4) is 0 Å². The maximum Gasteiger partial charge on any atom is 0.332 e. The number of rotatable bonds is 4. The molecular weight excluding hydrogens is 569 g/mol. The fourth-order valence-corrected chi connectivity index (χ4v) is 5.37. The summed E-state index contributed by atoms with van der Waals surface area (Å²) >= 11 is 24.0. The van der Waals surface area contributed by atoms with Crippen LogP contribution in [0.4, 0.5) is 11.6 Å². The molecule has 0 atom stereocenters. The number of fused-ring (bicyclic) bond motifs is 1. The molecule has 4 aromatic rings. The van der Waals surface area contributed by atoms with E-state index in [1.165, 1.54) is 11.6 Å². The van der Waals surface area contributed by atoms with Gasteiger partial charge in [-0.25, -0.2) is 4.79 Å². The zero-order valence-corrected chi connectivity index (χ0v) is 23.7. The highest BCUT2D eigenvalue weighted by molar-refractivity contribution is 7.80. The third-order valence-electron chi connectivity index (χ3n) is 6.60. The van der Waals surface area contributed by atoms with Crippen LogP contribution in [-0.2, 0) is 20.6 Å². The summed E-state index contributed by atoms with van der Waals surface area (Å²) in [5.41, 5.74) is 1.54. The third kappa shape index (κ3) is 5.01. The molecule has 0 spiro atoms. The van der Waals surface area contributed by atoms with Gasteiger partial charge < -0.3 is 15.1 Å². The number of thiocarbonyl (C=S) groups is 1. The van der Waals surface area contributed by atoms with Gasteiger partial charge in [-0.1, -0.05) is 46.9 Å². The molecule has 1 saturated heterocycles. The first-order chi connectivity index (χ1) is 18.1. The van der Waals surface area contributed by atoms with Crippen LogP contribution in [-0.4, -0.2) is 54.9 Å². The summed E-state index contributed by atoms with van der Waals surface area (Å²) in [4.78, 5) is 34.8. The lowest BCUT2D eigenvalue weighted by Crippen LogP contribution is -2.50. The highest BCUT2D eigenvalue weighted by atomic mass is 35.5. The van der Waals surface area contributed by atoms with E-state index in [4.69, 9.17) is 52.0 Å². The first kappa shape index (κ1) is 26.6. The van der Waals surface area contributed by atoms with Gasteiger partial charge in [0.1, 0.15) is 0 Å². The zero-order chi connectivity index (χ0) is 27.1. The Morgan fingerprint density at radius 2 is 1.61 bits per heavy atom. The van der Waals surface area contributed by atoms with Crippen LogP contribution >= 0.6 is 47.0 Å². The summed E-state index contributed by atoms with van der Waals surface area (Å²) in [6, 6.07) is 12.6. The van der Waals surface area contributed by atoms with E-state index >= 15 is 0 Å². The van der Waals surface area contributed by atoms with Gasteiger partial charge in [-0.2, -0.15) is 4.98 Å². The molecule has 13 heteroatoms. The number of piperazine rings is 1. The molecule has 0 aliphatic carbocycles. The van der Waals surface area contributed by atoms with Gasteiger partial charge in [0.15, 0.2) is 16.3 Å². The molecule has 1 N–H and O–H groups in total. The van der Waals surface area contributed by atoms with E-state index in [1.807, 2.05) is 28.8 Å². The quantitative estimate of drug-likeness (QED) is 0.360. The molecule has 0 saturated carbocycles. The molecule has 0 unspecified atom stereocenters. The minimum atomic E-state index is -0.424. The Hall–Kier alpha value is -3.05. The molecule has 1 aliphatic rings. The van der Waals surface area contributed by atoms with Gasteiger partial charge in [0.05, 0.1) is 17.3 Å². The molecule has 0 radical (unpaired) electrons. The molecule has 5 rings (SSSR count). The lowest BCUT2D eigenvalue weighted by Gasteiger charge is -2.37. The lowest BCUT2D eigenvalue weighted by molar-refractivity contribution is 0.386. The molecule has 0 amide bonds. The predicted octanol–water partition coefficient (Wildman–Crippen LogP) is 3.96. The number of imidazole rings is 1. The predicted molar refractivity (Wildman–Crippen MR) is 157 cm³/mol. The largest absolute Gasteiger partial charge is 0.345 e. The Bertz CT molecular complexity index is 1650. The fourth-order valence-electron chi connectivity index (χ4n) is 4.49. The number of nitrogens with zero attached hydrogens (tertiary/aromatic N) is 6. The average molecular weight is 593 g/mol. The molecular formula is C25H24Cl3N7O2S. The maximum atomic E-state index is 13.2. The van der Waals surface area contributed by atoms with Gasteiger partial charge in [-0.15, -0.1) is 0 Å². The van der Waals surface area contributed by atoms with Crippen molar-refractivity contribution in [3.63, 3.8) is 0 Å². The van der Waals surface area contributed by atoms with E-state index in [0.717, 1.165) is 10.1 Å². The smallest absolute Gasteiger partial charge is 0.332 e. The standard InChI is InChI=1S/C25H24Cl3N7O2S/c1-31-21-20(22(36)32(2)25(31)37)35(14-15-3-5-16(26)6-4-15)23(30-21)33-9-11-34(12-10-33)24(38)29-19-8-7-17(27)13-18(19)28/h3-8,13H,9-12,14H2,1-2H3,(H,29,38). The second kappa shape index (κ2) is 10.6. The summed E-state index contributed by atoms with van der Waals surface area (Å²) in [7, 11) is 3.10. The van der Waals surface area contributed by atoms with Crippen LogP contribution in [0.15, 0.2) is 52.1 Å². The first-order valence-corrected chi connectivity index (χ1v) is 13.3. The summed E-state index contributed by atoms with van der Waals surface area (Å²) in [5, 5.41) is 5.41. The summed E-state index contributed by atoms with van der Waals surface area (Å²) in [6.45, 7) is 2.85. The molecule has 2 aromatic heterocycles. The Balaban J connectivity index is 1.44. The molecule has 1 fully saturated rings. The summed E-state index contributed by atoms with van der Waals surface area (Å²) in [5.74, 6) is 0.618. The van der Waals surface area contributed by atoms with Gasteiger partial charge in [0.25, 0.3) is 5.56 Å². The molecule has 3 heterocycles. The number of aromatic nitrogens is 4. The van der Waals surface area contributed by atoms with Crippen molar-refractivity contribution in [1.82, 2.24) is 23.6 Å². The maximum absolute atomic E-state index is 13.2. The zero-order valence-electron chi connectivity index (χ0n) is 20.6. The van der Waals surface area contributed by atoms with E-state index in [0.29, 0.717) is 75.7 Å². The SMILES string of the molecule is Cn1c(=O)c2c(nc(N3CCN(C(=S)Nc4ccc(Cl)cc4Cl)CC3)n2Cc2ccc(Cl)cc2)n(C)c1=O. The van der Waals surface area contributed by atoms with Crippen LogP contribution in [0, 0.1) is 0 Å². The van der Waals surface area contributed by atoms with Crippen LogP contribution in [0.5, 0.6) is 0 Å². The van der Waals surface area contributed by atoms with Crippen molar-refractivity contribution in [2.45, 2.75) is 6.54 Å². The van der Waals surface area contributed by atoms with Crippen molar-refractivity contribution >= 4 is 74.9 Å². The minimum Gasteiger partial charge on any atom is -0.345 e. The number of anilines is 2. The monoisotopic (exact) mass is 591 g/mol. The van der Waals surface area contributed by atoms with E-state index in [2.05, 4.69) is 15.1 Å². The minimum absolute atomic E-state index is 0.346. The number of nitrogens with one attached hydrogen (secondary N) is 1. The van der Waals surface area contributed by atoms with Crippen LogP contribution in [0.3, 0.4) is 0 Å². The third-order valence-corrected chi connectivity index (χ3v) is 7.76. The Labute approximate surface area is 238 Å². The van der Waals surface area contributed by atoms with Crippen molar-refractivity contribution in [2.75, 3.05) is 36.4 Å². The second-order valence-electron chi connectivity index (χ2n) is 9.03. The Morgan fingerprint density at radius 3 is 2.26 bits per heavy atom. The molecule has 1 aliphatic heterocycles. The van der Waals surface area contributed by atoms with Gasteiger partial charge in [-0.3, -0.25) is 18.5 Å². The molecule has 9 nitrogen and oxygen atoms in total. The number of halogens is 3. The topological polar surface area (TPSA) is 80.3 Å². The summed E-state index contributed by atoms with van der Waals surface area (Å²) < 4.78 is 4.39. The number of hydrogen-bond acceptors (Lipinski definition) is 5.